The van der Waals surface area contributed by atoms with Crippen molar-refractivity contribution >= 4 is 16.7 Å². The second-order valence-corrected chi connectivity index (χ2v) is 4.91. The molecule has 19 heavy (non-hydrogen) atoms. The van der Waals surface area contributed by atoms with Crippen molar-refractivity contribution in [2.45, 2.75) is 20.4 Å². The molecule has 0 saturated carbocycles. The fourth-order valence-electron chi connectivity index (χ4n) is 2.44. The minimum absolute atomic E-state index is 0.745. The van der Waals surface area contributed by atoms with Gasteiger partial charge in [-0.2, -0.15) is 5.10 Å². The van der Waals surface area contributed by atoms with Crippen LogP contribution in [0.4, 0.5) is 5.69 Å². The van der Waals surface area contributed by atoms with Crippen LogP contribution in [-0.4, -0.2) is 19.3 Å². The Morgan fingerprint density at radius 1 is 1.26 bits per heavy atom. The maximum Gasteiger partial charge on any atom is 0.107 e. The van der Waals surface area contributed by atoms with Gasteiger partial charge in [0.1, 0.15) is 5.82 Å². The van der Waals surface area contributed by atoms with Crippen LogP contribution in [0.2, 0.25) is 0 Å². The minimum atomic E-state index is 0.745. The third kappa shape index (κ3) is 1.97. The Kier molecular flexibility index (Phi) is 2.55. The SMILES string of the molecule is Cc1nn(C)cc1Cn1c(C)nc2cc(N)ccc21. The molecular weight excluding hydrogens is 238 g/mol. The highest BCUT2D eigenvalue weighted by Gasteiger charge is 2.10. The Morgan fingerprint density at radius 3 is 2.74 bits per heavy atom. The number of hydrogen-bond acceptors (Lipinski definition) is 3. The predicted molar refractivity (Wildman–Crippen MR) is 75.9 cm³/mol. The molecule has 0 atom stereocenters. The van der Waals surface area contributed by atoms with Gasteiger partial charge in [-0.05, 0) is 32.0 Å². The van der Waals surface area contributed by atoms with Crippen LogP contribution in [0.25, 0.3) is 11.0 Å². The molecule has 0 bridgehead atoms. The minimum Gasteiger partial charge on any atom is -0.399 e. The Labute approximate surface area is 111 Å². The van der Waals surface area contributed by atoms with E-state index in [1.165, 1.54) is 5.56 Å². The van der Waals surface area contributed by atoms with Gasteiger partial charge in [0.05, 0.1) is 23.3 Å². The Morgan fingerprint density at radius 2 is 2.05 bits per heavy atom. The molecule has 1 aromatic carbocycles. The zero-order valence-electron chi connectivity index (χ0n) is 11.4. The van der Waals surface area contributed by atoms with E-state index >= 15 is 0 Å². The number of aryl methyl sites for hydroxylation is 3. The van der Waals surface area contributed by atoms with Crippen molar-refractivity contribution < 1.29 is 0 Å². The predicted octanol–water partition coefficient (Wildman–Crippen LogP) is 2.02. The molecule has 0 aliphatic rings. The fourth-order valence-corrected chi connectivity index (χ4v) is 2.44. The van der Waals surface area contributed by atoms with Gasteiger partial charge in [0.25, 0.3) is 0 Å². The van der Waals surface area contributed by atoms with Crippen LogP contribution in [0.3, 0.4) is 0 Å². The van der Waals surface area contributed by atoms with Gasteiger partial charge in [-0.25, -0.2) is 4.98 Å². The monoisotopic (exact) mass is 255 g/mol. The molecule has 5 heteroatoms. The van der Waals surface area contributed by atoms with Crippen LogP contribution in [0.15, 0.2) is 24.4 Å². The summed E-state index contributed by atoms with van der Waals surface area (Å²) >= 11 is 0. The highest BCUT2D eigenvalue weighted by Crippen LogP contribution is 2.20. The van der Waals surface area contributed by atoms with Crippen LogP contribution in [0.1, 0.15) is 17.1 Å². The summed E-state index contributed by atoms with van der Waals surface area (Å²) in [6.45, 7) is 4.83. The van der Waals surface area contributed by atoms with Gasteiger partial charge in [-0.3, -0.25) is 4.68 Å². The van der Waals surface area contributed by atoms with Crippen molar-refractivity contribution in [3.63, 3.8) is 0 Å². The first-order valence-electron chi connectivity index (χ1n) is 6.26. The Bertz CT molecular complexity index is 751. The number of imidazole rings is 1. The summed E-state index contributed by atoms with van der Waals surface area (Å²) in [5, 5.41) is 4.38. The fraction of sp³-hybridized carbons (Fsp3) is 0.286. The van der Waals surface area contributed by atoms with Crippen LogP contribution in [0, 0.1) is 13.8 Å². The number of rotatable bonds is 2. The lowest BCUT2D eigenvalue weighted by molar-refractivity contribution is 0.755. The second kappa shape index (κ2) is 4.12. The van der Waals surface area contributed by atoms with Crippen molar-refractivity contribution in [3.8, 4) is 0 Å². The van der Waals surface area contributed by atoms with E-state index in [0.29, 0.717) is 0 Å². The van der Waals surface area contributed by atoms with Gasteiger partial charge in [0.15, 0.2) is 0 Å². The molecule has 0 amide bonds. The molecule has 0 radical (unpaired) electrons. The molecule has 0 aliphatic heterocycles. The van der Waals surface area contributed by atoms with E-state index in [9.17, 15) is 0 Å². The van der Waals surface area contributed by atoms with Gasteiger partial charge in [0, 0.05) is 24.5 Å². The highest BCUT2D eigenvalue weighted by molar-refractivity contribution is 5.79. The maximum atomic E-state index is 5.80. The molecule has 98 valence electrons. The maximum absolute atomic E-state index is 5.80. The number of aromatic nitrogens is 4. The summed E-state index contributed by atoms with van der Waals surface area (Å²) in [6.07, 6.45) is 2.05. The van der Waals surface area contributed by atoms with E-state index in [1.54, 1.807) is 0 Å². The number of benzene rings is 1. The highest BCUT2D eigenvalue weighted by atomic mass is 15.3. The van der Waals surface area contributed by atoms with Crippen LogP contribution >= 0.6 is 0 Å². The summed E-state index contributed by atoms with van der Waals surface area (Å²) in [4.78, 5) is 4.56. The molecule has 0 saturated heterocycles. The summed E-state index contributed by atoms with van der Waals surface area (Å²) < 4.78 is 4.04. The molecule has 0 aliphatic carbocycles. The van der Waals surface area contributed by atoms with Crippen molar-refractivity contribution in [3.05, 3.63) is 41.5 Å². The normalized spacial score (nSPS) is 11.3. The van der Waals surface area contributed by atoms with Gasteiger partial charge >= 0.3 is 0 Å². The molecule has 0 fully saturated rings. The third-order valence-corrected chi connectivity index (χ3v) is 3.41. The smallest absolute Gasteiger partial charge is 0.107 e. The van der Waals surface area contributed by atoms with E-state index in [1.807, 2.05) is 43.8 Å². The van der Waals surface area contributed by atoms with Crippen LogP contribution in [0.5, 0.6) is 0 Å². The first-order valence-corrected chi connectivity index (χ1v) is 6.26. The van der Waals surface area contributed by atoms with E-state index in [2.05, 4.69) is 20.8 Å². The zero-order valence-corrected chi connectivity index (χ0v) is 11.4. The summed E-state index contributed by atoms with van der Waals surface area (Å²) in [5.41, 5.74) is 10.9. The van der Waals surface area contributed by atoms with Gasteiger partial charge in [-0.15, -0.1) is 0 Å². The first kappa shape index (κ1) is 11.8. The molecule has 3 rings (SSSR count). The van der Waals surface area contributed by atoms with Crippen molar-refractivity contribution in [2.75, 3.05) is 5.73 Å². The Balaban J connectivity index is 2.10. The number of anilines is 1. The topological polar surface area (TPSA) is 61.7 Å². The third-order valence-electron chi connectivity index (χ3n) is 3.41. The largest absolute Gasteiger partial charge is 0.399 e. The molecule has 2 aromatic heterocycles. The zero-order chi connectivity index (χ0) is 13.6. The summed E-state index contributed by atoms with van der Waals surface area (Å²) in [7, 11) is 1.94. The summed E-state index contributed by atoms with van der Waals surface area (Å²) in [5.74, 6) is 0.990. The van der Waals surface area contributed by atoms with E-state index in [4.69, 9.17) is 5.73 Å². The standard InChI is InChI=1S/C14H17N5/c1-9-11(7-18(3)17-9)8-19-10(2)16-13-6-12(15)4-5-14(13)19/h4-7H,8,15H2,1-3H3. The molecule has 0 spiro atoms. The van der Waals surface area contributed by atoms with E-state index in [0.717, 1.165) is 34.8 Å². The van der Waals surface area contributed by atoms with Crippen LogP contribution < -0.4 is 5.73 Å². The number of nitrogens with zero attached hydrogens (tertiary/aromatic N) is 4. The number of nitrogens with two attached hydrogens (primary N) is 1. The molecular formula is C14H17N5. The van der Waals surface area contributed by atoms with E-state index < -0.39 is 0 Å². The molecule has 2 heterocycles. The summed E-state index contributed by atoms with van der Waals surface area (Å²) in [6, 6.07) is 5.85. The Hall–Kier alpha value is -2.30. The van der Waals surface area contributed by atoms with Gasteiger partial charge < -0.3 is 10.3 Å². The van der Waals surface area contributed by atoms with Crippen LogP contribution in [-0.2, 0) is 13.6 Å². The number of nitrogen functional groups attached to an aromatic ring is 1. The molecule has 5 nitrogen and oxygen atoms in total. The number of hydrogen-bond donors (Lipinski definition) is 1. The number of fused-ring (bicyclic) bond motifs is 1. The van der Waals surface area contributed by atoms with Gasteiger partial charge in [0.2, 0.25) is 0 Å². The molecule has 2 N–H and O–H groups in total. The second-order valence-electron chi connectivity index (χ2n) is 4.91. The van der Waals surface area contributed by atoms with Crippen molar-refractivity contribution in [1.82, 2.24) is 19.3 Å². The van der Waals surface area contributed by atoms with Crippen molar-refractivity contribution in [1.29, 1.82) is 0 Å². The van der Waals surface area contributed by atoms with E-state index in [-0.39, 0.29) is 0 Å². The van der Waals surface area contributed by atoms with Crippen molar-refractivity contribution in [2.24, 2.45) is 7.05 Å². The molecule has 3 aromatic rings. The lowest BCUT2D eigenvalue weighted by Gasteiger charge is -2.06. The average Bonchev–Trinajstić information content (AvgIpc) is 2.80. The quantitative estimate of drug-likeness (QED) is 0.713. The molecule has 0 unspecified atom stereocenters. The first-order chi connectivity index (χ1) is 9.04. The lowest BCUT2D eigenvalue weighted by Crippen LogP contribution is -2.02. The lowest BCUT2D eigenvalue weighted by atomic mass is 10.2. The van der Waals surface area contributed by atoms with Gasteiger partial charge in [-0.1, -0.05) is 0 Å². The average molecular weight is 255 g/mol.